The molecule has 1 rings (SSSR count). The van der Waals surface area contributed by atoms with Crippen molar-refractivity contribution < 1.29 is 38.5 Å². The Morgan fingerprint density at radius 2 is 1.29 bits per heavy atom. The van der Waals surface area contributed by atoms with Gasteiger partial charge >= 0.3 is 24.1 Å². The molecule has 0 aromatic heterocycles. The third-order valence-corrected chi connectivity index (χ3v) is 3.42. The van der Waals surface area contributed by atoms with Crippen LogP contribution in [0, 0.1) is 0 Å². The topological polar surface area (TPSA) is 119 Å². The number of nitrogens with zero attached hydrogens (tertiary/aromatic N) is 1. The second-order valence-electron chi connectivity index (χ2n) is 8.55. The molecule has 0 aliphatic carbocycles. The second-order valence-corrected chi connectivity index (χ2v) is 8.55. The number of carboxylic acids is 1. The molecule has 1 aromatic rings. The number of hydrogen-bond acceptors (Lipinski definition) is 7. The quantitative estimate of drug-likeness (QED) is 0.520. The number of ether oxygens (including phenoxy) is 3. The minimum Gasteiger partial charge on any atom is -0.478 e. The van der Waals surface area contributed by atoms with Crippen molar-refractivity contribution in [2.24, 2.45) is 0 Å². The van der Waals surface area contributed by atoms with Gasteiger partial charge in [0.1, 0.15) is 17.2 Å². The van der Waals surface area contributed by atoms with Gasteiger partial charge in [-0.15, -0.1) is 0 Å². The van der Waals surface area contributed by atoms with Gasteiger partial charge in [-0.1, -0.05) is 30.3 Å². The Kier molecular flexibility index (Phi) is 10.1. The Bertz CT molecular complexity index is 755. The van der Waals surface area contributed by atoms with Crippen LogP contribution in [-0.4, -0.2) is 51.4 Å². The van der Waals surface area contributed by atoms with Crippen molar-refractivity contribution in [1.29, 1.82) is 0 Å². The average Bonchev–Trinajstić information content (AvgIpc) is 2.54. The first-order valence-electron chi connectivity index (χ1n) is 9.32. The smallest absolute Gasteiger partial charge is 0.420 e. The number of amides is 2. The zero-order chi connectivity index (χ0) is 23.3. The van der Waals surface area contributed by atoms with Crippen LogP contribution in [-0.2, 0) is 23.8 Å². The maximum absolute atomic E-state index is 13.0. The standard InChI is InChI=1S/C21H29NO8.H2S/c1-13(23)28-16(17(24)25)15(14-11-9-8-10-12-14)22(18(26)29-20(2,3)4)19(27)30-21(5,6)7;/h8-12,15-16H,1-7H3,(H,24,25);1H2/t15-,16-;/m1./s1. The van der Waals surface area contributed by atoms with Crippen molar-refractivity contribution >= 4 is 37.6 Å². The molecule has 0 saturated carbocycles. The van der Waals surface area contributed by atoms with Crippen LogP contribution in [0.25, 0.3) is 0 Å². The molecule has 0 spiro atoms. The van der Waals surface area contributed by atoms with E-state index < -0.39 is 47.5 Å². The summed E-state index contributed by atoms with van der Waals surface area (Å²) >= 11 is 0. The summed E-state index contributed by atoms with van der Waals surface area (Å²) in [5.41, 5.74) is -1.74. The number of esters is 1. The number of carbonyl (C=O) groups excluding carboxylic acids is 3. The van der Waals surface area contributed by atoms with E-state index in [4.69, 9.17) is 14.2 Å². The average molecular weight is 458 g/mol. The Labute approximate surface area is 189 Å². The normalized spacial score (nSPS) is 13.1. The molecule has 31 heavy (non-hydrogen) atoms. The Balaban J connectivity index is 0.00000900. The first kappa shape index (κ1) is 28.2. The SMILES string of the molecule is CC(=O)O[C@@H](C(=O)O)[C@@H](c1ccccc1)N(C(=O)OC(C)(C)C)C(=O)OC(C)(C)C.S. The fourth-order valence-electron chi connectivity index (χ4n) is 2.46. The van der Waals surface area contributed by atoms with Crippen molar-refractivity contribution in [3.05, 3.63) is 35.9 Å². The number of rotatable bonds is 5. The van der Waals surface area contributed by atoms with Gasteiger partial charge in [-0.05, 0) is 47.1 Å². The largest absolute Gasteiger partial charge is 0.478 e. The summed E-state index contributed by atoms with van der Waals surface area (Å²) in [6, 6.07) is 6.34. The molecule has 0 bridgehead atoms. The van der Waals surface area contributed by atoms with Gasteiger partial charge in [-0.25, -0.2) is 19.3 Å². The highest BCUT2D eigenvalue weighted by Gasteiger charge is 2.45. The van der Waals surface area contributed by atoms with E-state index >= 15 is 0 Å². The van der Waals surface area contributed by atoms with Gasteiger partial charge in [0.25, 0.3) is 0 Å². The van der Waals surface area contributed by atoms with Crippen LogP contribution in [0.4, 0.5) is 9.59 Å². The van der Waals surface area contributed by atoms with Crippen molar-refractivity contribution in [3.8, 4) is 0 Å². The highest BCUT2D eigenvalue weighted by atomic mass is 32.1. The summed E-state index contributed by atoms with van der Waals surface area (Å²) in [6.07, 6.45) is -4.15. The molecule has 0 saturated heterocycles. The lowest BCUT2D eigenvalue weighted by Crippen LogP contribution is -2.51. The molecule has 10 heteroatoms. The molecule has 2 amide bonds. The Hall–Kier alpha value is -2.75. The van der Waals surface area contributed by atoms with Crippen LogP contribution < -0.4 is 0 Å². The third kappa shape index (κ3) is 9.29. The van der Waals surface area contributed by atoms with Crippen LogP contribution in [0.2, 0.25) is 0 Å². The lowest BCUT2D eigenvalue weighted by Gasteiger charge is -2.35. The van der Waals surface area contributed by atoms with E-state index in [0.29, 0.717) is 4.90 Å². The predicted octanol–water partition coefficient (Wildman–Crippen LogP) is 4.03. The molecule has 0 radical (unpaired) electrons. The minimum absolute atomic E-state index is 0. The van der Waals surface area contributed by atoms with E-state index in [1.54, 1.807) is 59.7 Å². The summed E-state index contributed by atoms with van der Waals surface area (Å²) in [7, 11) is 0. The third-order valence-electron chi connectivity index (χ3n) is 3.42. The molecule has 0 aliphatic rings. The molecule has 0 aliphatic heterocycles. The first-order chi connectivity index (χ1) is 13.6. The maximum Gasteiger partial charge on any atom is 0.420 e. The second kappa shape index (κ2) is 11.0. The van der Waals surface area contributed by atoms with Gasteiger partial charge in [-0.3, -0.25) is 4.79 Å². The van der Waals surface area contributed by atoms with Gasteiger partial charge in [0.15, 0.2) is 0 Å². The van der Waals surface area contributed by atoms with Gasteiger partial charge in [-0.2, -0.15) is 13.5 Å². The Morgan fingerprint density at radius 1 is 0.871 bits per heavy atom. The van der Waals surface area contributed by atoms with Crippen molar-refractivity contribution in [3.63, 3.8) is 0 Å². The molecular formula is C21H31NO8S. The van der Waals surface area contributed by atoms with Gasteiger partial charge < -0.3 is 19.3 Å². The molecule has 0 fully saturated rings. The van der Waals surface area contributed by atoms with Gasteiger partial charge in [0.05, 0.1) is 0 Å². The van der Waals surface area contributed by atoms with E-state index in [1.165, 1.54) is 12.1 Å². The zero-order valence-corrected chi connectivity index (χ0v) is 19.8. The number of benzene rings is 1. The molecule has 1 N–H and O–H groups in total. The molecule has 2 atom stereocenters. The highest BCUT2D eigenvalue weighted by molar-refractivity contribution is 7.59. The molecule has 174 valence electrons. The van der Waals surface area contributed by atoms with Crippen LogP contribution >= 0.6 is 13.5 Å². The monoisotopic (exact) mass is 457 g/mol. The van der Waals surface area contributed by atoms with E-state index in [1.807, 2.05) is 0 Å². The number of hydrogen-bond donors (Lipinski definition) is 1. The van der Waals surface area contributed by atoms with Crippen LogP contribution in [0.5, 0.6) is 0 Å². The van der Waals surface area contributed by atoms with E-state index in [-0.39, 0.29) is 19.1 Å². The van der Waals surface area contributed by atoms with Crippen LogP contribution in [0.1, 0.15) is 60.1 Å². The van der Waals surface area contributed by atoms with Crippen LogP contribution in [0.3, 0.4) is 0 Å². The van der Waals surface area contributed by atoms with E-state index in [0.717, 1.165) is 6.92 Å². The highest BCUT2D eigenvalue weighted by Crippen LogP contribution is 2.30. The number of carbonyl (C=O) groups is 4. The number of aliphatic carboxylic acids is 1. The van der Waals surface area contributed by atoms with Crippen molar-refractivity contribution in [2.45, 2.75) is 71.8 Å². The maximum atomic E-state index is 13.0. The Morgan fingerprint density at radius 3 is 1.61 bits per heavy atom. The zero-order valence-electron chi connectivity index (χ0n) is 18.8. The van der Waals surface area contributed by atoms with E-state index in [2.05, 4.69) is 0 Å². The first-order valence-corrected chi connectivity index (χ1v) is 9.32. The van der Waals surface area contributed by atoms with Crippen LogP contribution in [0.15, 0.2) is 30.3 Å². The summed E-state index contributed by atoms with van der Waals surface area (Å²) in [5.74, 6) is -2.44. The molecule has 9 nitrogen and oxygen atoms in total. The molecular weight excluding hydrogens is 426 g/mol. The van der Waals surface area contributed by atoms with Crippen molar-refractivity contribution in [2.75, 3.05) is 0 Å². The van der Waals surface area contributed by atoms with Crippen molar-refractivity contribution in [1.82, 2.24) is 4.90 Å². The number of carboxylic acid groups (broad SMARTS) is 1. The fourth-order valence-corrected chi connectivity index (χ4v) is 2.46. The summed E-state index contributed by atoms with van der Waals surface area (Å²) in [4.78, 5) is 50.0. The lowest BCUT2D eigenvalue weighted by molar-refractivity contribution is -0.167. The van der Waals surface area contributed by atoms with Gasteiger partial charge in [0.2, 0.25) is 6.10 Å². The molecule has 0 unspecified atom stereocenters. The summed E-state index contributed by atoms with van der Waals surface area (Å²) < 4.78 is 15.6. The predicted molar refractivity (Wildman–Crippen MR) is 117 cm³/mol. The lowest BCUT2D eigenvalue weighted by atomic mass is 9.99. The number of imide groups is 1. The molecule has 1 aromatic carbocycles. The fraction of sp³-hybridized carbons (Fsp3) is 0.524. The summed E-state index contributed by atoms with van der Waals surface area (Å²) in [5, 5.41) is 9.72. The summed E-state index contributed by atoms with van der Waals surface area (Å²) in [6.45, 7) is 10.6. The minimum atomic E-state index is -1.88. The van der Waals surface area contributed by atoms with Gasteiger partial charge in [0, 0.05) is 6.92 Å². The van der Waals surface area contributed by atoms with E-state index in [9.17, 15) is 24.3 Å². The molecule has 0 heterocycles.